The lowest BCUT2D eigenvalue weighted by molar-refractivity contribution is -0.123. The van der Waals surface area contributed by atoms with E-state index in [2.05, 4.69) is 15.0 Å². The third-order valence-corrected chi connectivity index (χ3v) is 7.24. The van der Waals surface area contributed by atoms with Crippen LogP contribution in [-0.2, 0) is 21.2 Å². The highest BCUT2D eigenvalue weighted by molar-refractivity contribution is 7.89. The summed E-state index contributed by atoms with van der Waals surface area (Å²) in [6.07, 6.45) is 7.06. The van der Waals surface area contributed by atoms with Gasteiger partial charge in [-0.15, -0.1) is 0 Å². The van der Waals surface area contributed by atoms with Crippen LogP contribution in [0.1, 0.15) is 37.7 Å². The molecule has 1 atom stereocenters. The van der Waals surface area contributed by atoms with E-state index in [9.17, 15) is 13.2 Å². The number of nitrogens with zero attached hydrogens (tertiary/aromatic N) is 1. The lowest BCUT2D eigenvalue weighted by atomic mass is 9.95. The number of sulfonamides is 1. The second-order valence-corrected chi connectivity index (χ2v) is 9.72. The Morgan fingerprint density at radius 1 is 0.968 bits per heavy atom. The quantitative estimate of drug-likeness (QED) is 0.591. The Morgan fingerprint density at radius 2 is 1.71 bits per heavy atom. The second-order valence-electron chi connectivity index (χ2n) is 8.04. The molecule has 1 aliphatic rings. The zero-order valence-corrected chi connectivity index (χ0v) is 18.1. The summed E-state index contributed by atoms with van der Waals surface area (Å²) in [4.78, 5) is 17.5. The lowest BCUT2D eigenvalue weighted by Gasteiger charge is -2.26. The summed E-state index contributed by atoms with van der Waals surface area (Å²) < 4.78 is 29.3. The summed E-state index contributed by atoms with van der Waals surface area (Å²) in [6, 6.07) is 17.3. The van der Waals surface area contributed by atoms with Gasteiger partial charge in [-0.3, -0.25) is 9.78 Å². The molecule has 0 unspecified atom stereocenters. The minimum Gasteiger partial charge on any atom is -0.352 e. The van der Waals surface area contributed by atoms with Crippen molar-refractivity contribution < 1.29 is 13.2 Å². The third kappa shape index (κ3) is 5.29. The van der Waals surface area contributed by atoms with Gasteiger partial charge in [-0.05, 0) is 37.0 Å². The molecule has 31 heavy (non-hydrogen) atoms. The zero-order chi connectivity index (χ0) is 21.7. The first-order valence-corrected chi connectivity index (χ1v) is 12.2. The topological polar surface area (TPSA) is 88.2 Å². The molecule has 1 heterocycles. The summed E-state index contributed by atoms with van der Waals surface area (Å²) in [5.41, 5.74) is 1.29. The Kier molecular flexibility index (Phi) is 6.63. The van der Waals surface area contributed by atoms with Crippen molar-refractivity contribution in [2.75, 3.05) is 0 Å². The van der Waals surface area contributed by atoms with Crippen LogP contribution in [0.4, 0.5) is 0 Å². The zero-order valence-electron chi connectivity index (χ0n) is 17.3. The first-order valence-electron chi connectivity index (χ1n) is 10.7. The van der Waals surface area contributed by atoms with Gasteiger partial charge in [-0.25, -0.2) is 8.42 Å². The van der Waals surface area contributed by atoms with Crippen molar-refractivity contribution in [3.63, 3.8) is 0 Å². The Balaban J connectivity index is 1.61. The SMILES string of the molecule is O=C(NC1CCCCC1)[C@@H](Cc1ccccc1)NS(=O)(=O)c1cccc2cccnc12. The third-order valence-electron chi connectivity index (χ3n) is 5.73. The van der Waals surface area contributed by atoms with Gasteiger partial charge in [0, 0.05) is 17.6 Å². The Bertz CT molecular complexity index is 1140. The maximum atomic E-state index is 13.3. The number of pyridine rings is 1. The lowest BCUT2D eigenvalue weighted by Crippen LogP contribution is -2.51. The fourth-order valence-corrected chi connectivity index (χ4v) is 5.50. The molecule has 162 valence electrons. The summed E-state index contributed by atoms with van der Waals surface area (Å²) in [6.45, 7) is 0. The van der Waals surface area contributed by atoms with Crippen molar-refractivity contribution in [3.8, 4) is 0 Å². The molecule has 1 fully saturated rings. The van der Waals surface area contributed by atoms with E-state index >= 15 is 0 Å². The van der Waals surface area contributed by atoms with Crippen molar-refractivity contribution in [1.82, 2.24) is 15.0 Å². The average Bonchev–Trinajstić information content (AvgIpc) is 2.79. The second kappa shape index (κ2) is 9.58. The summed E-state index contributed by atoms with van der Waals surface area (Å²) in [5, 5.41) is 3.80. The highest BCUT2D eigenvalue weighted by Gasteiger charge is 2.29. The van der Waals surface area contributed by atoms with E-state index in [-0.39, 0.29) is 23.3 Å². The minimum atomic E-state index is -3.97. The Hall–Kier alpha value is -2.77. The molecule has 3 aromatic rings. The van der Waals surface area contributed by atoms with Gasteiger partial charge in [-0.2, -0.15) is 4.72 Å². The van der Waals surface area contributed by atoms with E-state index in [1.54, 1.807) is 18.3 Å². The standard InChI is InChI=1S/C24H27N3O3S/c28-24(26-20-13-5-2-6-14-20)21(17-18-9-3-1-4-10-18)27-31(29,30)22-15-7-11-19-12-8-16-25-23(19)22/h1,3-4,7-12,15-16,20-21,27H,2,5-6,13-14,17H2,(H,26,28)/t21-/m1/s1. The summed E-state index contributed by atoms with van der Waals surface area (Å²) >= 11 is 0. The molecule has 2 aromatic carbocycles. The molecule has 6 nitrogen and oxygen atoms in total. The van der Waals surface area contributed by atoms with E-state index in [1.807, 2.05) is 42.5 Å². The van der Waals surface area contributed by atoms with Crippen LogP contribution in [0.5, 0.6) is 0 Å². The number of amides is 1. The van der Waals surface area contributed by atoms with Crippen molar-refractivity contribution in [1.29, 1.82) is 0 Å². The fraction of sp³-hybridized carbons (Fsp3) is 0.333. The van der Waals surface area contributed by atoms with Crippen molar-refractivity contribution in [3.05, 3.63) is 72.4 Å². The van der Waals surface area contributed by atoms with Crippen molar-refractivity contribution >= 4 is 26.8 Å². The monoisotopic (exact) mass is 437 g/mol. The molecule has 0 aliphatic heterocycles. The van der Waals surface area contributed by atoms with Gasteiger partial charge in [-0.1, -0.05) is 67.8 Å². The van der Waals surface area contributed by atoms with E-state index < -0.39 is 16.1 Å². The predicted octanol–water partition coefficient (Wildman–Crippen LogP) is 3.57. The van der Waals surface area contributed by atoms with Crippen LogP contribution >= 0.6 is 0 Å². The van der Waals surface area contributed by atoms with Crippen LogP contribution < -0.4 is 10.0 Å². The highest BCUT2D eigenvalue weighted by atomic mass is 32.2. The number of hydrogen-bond acceptors (Lipinski definition) is 4. The highest BCUT2D eigenvalue weighted by Crippen LogP contribution is 2.22. The molecule has 0 radical (unpaired) electrons. The molecular weight excluding hydrogens is 410 g/mol. The van der Waals surface area contributed by atoms with Crippen LogP contribution in [0.3, 0.4) is 0 Å². The largest absolute Gasteiger partial charge is 0.352 e. The molecular formula is C24H27N3O3S. The van der Waals surface area contributed by atoms with Gasteiger partial charge in [0.25, 0.3) is 0 Å². The first-order chi connectivity index (χ1) is 15.0. The molecule has 1 aliphatic carbocycles. The molecule has 0 bridgehead atoms. The van der Waals surface area contributed by atoms with Gasteiger partial charge in [0.15, 0.2) is 0 Å². The fourth-order valence-electron chi connectivity index (χ4n) is 4.13. The van der Waals surface area contributed by atoms with Gasteiger partial charge in [0.1, 0.15) is 10.9 Å². The number of para-hydroxylation sites is 1. The molecule has 7 heteroatoms. The number of carbonyl (C=O) groups excluding carboxylic acids is 1. The average molecular weight is 438 g/mol. The van der Waals surface area contributed by atoms with Gasteiger partial charge >= 0.3 is 0 Å². The molecule has 4 rings (SSSR count). The van der Waals surface area contributed by atoms with E-state index in [0.717, 1.165) is 36.6 Å². The van der Waals surface area contributed by atoms with E-state index in [1.165, 1.54) is 12.5 Å². The van der Waals surface area contributed by atoms with Crippen molar-refractivity contribution in [2.24, 2.45) is 0 Å². The van der Waals surface area contributed by atoms with Crippen LogP contribution in [0.15, 0.2) is 71.8 Å². The predicted molar refractivity (Wildman–Crippen MR) is 121 cm³/mol. The molecule has 2 N–H and O–H groups in total. The number of nitrogens with one attached hydrogen (secondary N) is 2. The number of benzene rings is 2. The summed E-state index contributed by atoms with van der Waals surface area (Å²) in [5.74, 6) is -0.285. The van der Waals surface area contributed by atoms with E-state index in [4.69, 9.17) is 0 Å². The van der Waals surface area contributed by atoms with Gasteiger partial charge < -0.3 is 5.32 Å². The maximum absolute atomic E-state index is 13.3. The molecule has 0 saturated heterocycles. The molecule has 1 amide bonds. The Morgan fingerprint density at radius 3 is 2.48 bits per heavy atom. The number of carbonyl (C=O) groups is 1. The Labute approximate surface area is 183 Å². The maximum Gasteiger partial charge on any atom is 0.243 e. The number of hydrogen-bond donors (Lipinski definition) is 2. The minimum absolute atomic E-state index is 0.0779. The van der Waals surface area contributed by atoms with Crippen LogP contribution in [0.2, 0.25) is 0 Å². The molecule has 1 aromatic heterocycles. The van der Waals surface area contributed by atoms with Gasteiger partial charge in [0.2, 0.25) is 15.9 Å². The number of rotatable bonds is 7. The smallest absolute Gasteiger partial charge is 0.243 e. The number of fused-ring (bicyclic) bond motifs is 1. The van der Waals surface area contributed by atoms with E-state index in [0.29, 0.717) is 5.52 Å². The number of aromatic nitrogens is 1. The summed E-state index contributed by atoms with van der Waals surface area (Å²) in [7, 11) is -3.97. The normalized spacial score (nSPS) is 16.1. The molecule has 0 spiro atoms. The van der Waals surface area contributed by atoms with Crippen LogP contribution in [-0.4, -0.2) is 31.4 Å². The molecule has 1 saturated carbocycles. The first kappa shape index (κ1) is 21.5. The van der Waals surface area contributed by atoms with Gasteiger partial charge in [0.05, 0.1) is 5.52 Å². The van der Waals surface area contributed by atoms with Crippen molar-refractivity contribution in [2.45, 2.75) is 55.5 Å². The van der Waals surface area contributed by atoms with Crippen LogP contribution in [0.25, 0.3) is 10.9 Å². The van der Waals surface area contributed by atoms with Crippen LogP contribution in [0, 0.1) is 0 Å².